The number of para-hydroxylation sites is 1. The third kappa shape index (κ3) is 7.31. The highest BCUT2D eigenvalue weighted by molar-refractivity contribution is 9.10. The zero-order chi connectivity index (χ0) is 23.9. The van der Waals surface area contributed by atoms with Gasteiger partial charge in [0.2, 0.25) is 21.8 Å². The van der Waals surface area contributed by atoms with Crippen molar-refractivity contribution in [2.24, 2.45) is 0 Å². The summed E-state index contributed by atoms with van der Waals surface area (Å²) in [4.78, 5) is 27.4. The van der Waals surface area contributed by atoms with Gasteiger partial charge in [-0.05, 0) is 59.1 Å². The molecule has 0 saturated heterocycles. The van der Waals surface area contributed by atoms with Crippen molar-refractivity contribution in [1.29, 1.82) is 0 Å². The van der Waals surface area contributed by atoms with E-state index in [2.05, 4.69) is 37.2 Å². The molecule has 0 radical (unpaired) electrons. The molecule has 0 unspecified atom stereocenters. The van der Waals surface area contributed by atoms with Gasteiger partial charge in [-0.1, -0.05) is 47.1 Å². The Morgan fingerprint density at radius 1 is 1.06 bits per heavy atom. The average Bonchev–Trinajstić information content (AvgIpc) is 2.74. The van der Waals surface area contributed by atoms with Crippen molar-refractivity contribution >= 4 is 59.4 Å². The van der Waals surface area contributed by atoms with Gasteiger partial charge in [0, 0.05) is 22.0 Å². The number of carbonyl (C=O) groups is 2. The van der Waals surface area contributed by atoms with Gasteiger partial charge in [0.25, 0.3) is 0 Å². The molecular weight excluding hydrogens is 562 g/mol. The molecular formula is C22H27Br2N3O4S. The first-order valence-electron chi connectivity index (χ1n) is 10.1. The van der Waals surface area contributed by atoms with Gasteiger partial charge in [0.1, 0.15) is 12.6 Å². The molecule has 0 bridgehead atoms. The van der Waals surface area contributed by atoms with E-state index in [9.17, 15) is 18.0 Å². The Bertz CT molecular complexity index is 1050. The summed E-state index contributed by atoms with van der Waals surface area (Å²) in [6.07, 6.45) is 1.82. The van der Waals surface area contributed by atoms with Crippen molar-refractivity contribution < 1.29 is 18.0 Å². The van der Waals surface area contributed by atoms with Gasteiger partial charge in [-0.15, -0.1) is 0 Å². The molecule has 2 aromatic carbocycles. The predicted molar refractivity (Wildman–Crippen MR) is 134 cm³/mol. The van der Waals surface area contributed by atoms with E-state index in [1.54, 1.807) is 31.2 Å². The maximum atomic E-state index is 13.4. The molecule has 1 N–H and O–H groups in total. The lowest BCUT2D eigenvalue weighted by molar-refractivity contribution is -0.139. The Hall–Kier alpha value is -1.91. The largest absolute Gasteiger partial charge is 0.354 e. The SMILES string of the molecule is CCCNC(=O)[C@@H](C)N(Cc1ccc(Br)cc1)C(=O)CN(c1ccccc1Br)S(C)(=O)=O. The van der Waals surface area contributed by atoms with E-state index in [4.69, 9.17) is 0 Å². The van der Waals surface area contributed by atoms with Crippen LogP contribution in [0.4, 0.5) is 5.69 Å². The van der Waals surface area contributed by atoms with Crippen LogP contribution in [0.1, 0.15) is 25.8 Å². The van der Waals surface area contributed by atoms with E-state index < -0.39 is 28.5 Å². The second-order valence-corrected chi connectivity index (χ2v) is 11.0. The van der Waals surface area contributed by atoms with Crippen molar-refractivity contribution in [2.45, 2.75) is 32.9 Å². The number of carbonyl (C=O) groups excluding carboxylic acids is 2. The first-order chi connectivity index (χ1) is 15.0. The number of nitrogens with zero attached hydrogens (tertiary/aromatic N) is 2. The molecule has 0 aromatic heterocycles. The van der Waals surface area contributed by atoms with Crippen LogP contribution in [0.15, 0.2) is 57.5 Å². The fraction of sp³-hybridized carbons (Fsp3) is 0.364. The van der Waals surface area contributed by atoms with Crippen LogP contribution in [0, 0.1) is 0 Å². The Morgan fingerprint density at radius 3 is 2.25 bits per heavy atom. The Kier molecular flexibility index (Phi) is 9.72. The van der Waals surface area contributed by atoms with Gasteiger partial charge in [-0.3, -0.25) is 13.9 Å². The number of nitrogens with one attached hydrogen (secondary N) is 1. The highest BCUT2D eigenvalue weighted by Gasteiger charge is 2.30. The van der Waals surface area contributed by atoms with Crippen LogP contribution < -0.4 is 9.62 Å². The summed E-state index contributed by atoms with van der Waals surface area (Å²) in [5.41, 5.74) is 1.18. The molecule has 10 heteroatoms. The summed E-state index contributed by atoms with van der Waals surface area (Å²) in [6.45, 7) is 3.82. The van der Waals surface area contributed by atoms with Crippen LogP contribution in [-0.2, 0) is 26.2 Å². The lowest BCUT2D eigenvalue weighted by Crippen LogP contribution is -2.51. The minimum absolute atomic E-state index is 0.167. The lowest BCUT2D eigenvalue weighted by Gasteiger charge is -2.31. The van der Waals surface area contributed by atoms with Crippen molar-refractivity contribution in [3.63, 3.8) is 0 Å². The summed E-state index contributed by atoms with van der Waals surface area (Å²) in [7, 11) is -3.76. The van der Waals surface area contributed by atoms with Gasteiger partial charge in [0.15, 0.2) is 0 Å². The Labute approximate surface area is 206 Å². The van der Waals surface area contributed by atoms with E-state index in [0.717, 1.165) is 27.0 Å². The summed E-state index contributed by atoms with van der Waals surface area (Å²) >= 11 is 6.74. The van der Waals surface area contributed by atoms with E-state index in [-0.39, 0.29) is 12.5 Å². The first kappa shape index (κ1) is 26.3. The lowest BCUT2D eigenvalue weighted by atomic mass is 10.1. The van der Waals surface area contributed by atoms with Crippen molar-refractivity contribution in [1.82, 2.24) is 10.2 Å². The van der Waals surface area contributed by atoms with Crippen molar-refractivity contribution in [2.75, 3.05) is 23.7 Å². The smallest absolute Gasteiger partial charge is 0.244 e. The summed E-state index contributed by atoms with van der Waals surface area (Å²) in [5.74, 6) is -0.766. The number of sulfonamides is 1. The standard InChI is InChI=1S/C22H27Br2N3O4S/c1-4-13-25-22(29)16(2)26(14-17-9-11-18(23)12-10-17)21(28)15-27(32(3,30)31)20-8-6-5-7-19(20)24/h5-12,16H,4,13-15H2,1-3H3,(H,25,29)/t16-/m1/s1. The number of hydrogen-bond donors (Lipinski definition) is 1. The molecule has 0 saturated carbocycles. The van der Waals surface area contributed by atoms with E-state index in [0.29, 0.717) is 16.7 Å². The zero-order valence-corrected chi connectivity index (χ0v) is 22.2. The Balaban J connectivity index is 2.37. The first-order valence-corrected chi connectivity index (χ1v) is 13.5. The monoisotopic (exact) mass is 587 g/mol. The van der Waals surface area contributed by atoms with Crippen LogP contribution >= 0.6 is 31.9 Å². The zero-order valence-electron chi connectivity index (χ0n) is 18.2. The van der Waals surface area contributed by atoms with Crippen LogP contribution in [-0.4, -0.2) is 50.5 Å². The van der Waals surface area contributed by atoms with Crippen LogP contribution in [0.25, 0.3) is 0 Å². The maximum absolute atomic E-state index is 13.4. The highest BCUT2D eigenvalue weighted by Crippen LogP contribution is 2.28. The molecule has 0 aliphatic rings. The van der Waals surface area contributed by atoms with Gasteiger partial charge in [0.05, 0.1) is 11.9 Å². The molecule has 0 heterocycles. The normalized spacial score (nSPS) is 12.2. The number of benzene rings is 2. The number of rotatable bonds is 10. The fourth-order valence-corrected chi connectivity index (χ4v) is 4.76. The second kappa shape index (κ2) is 11.8. The third-order valence-corrected chi connectivity index (χ3v) is 7.11. The molecule has 1 atom stereocenters. The van der Waals surface area contributed by atoms with Gasteiger partial charge >= 0.3 is 0 Å². The molecule has 0 aliphatic heterocycles. The van der Waals surface area contributed by atoms with Crippen LogP contribution in [0.5, 0.6) is 0 Å². The molecule has 32 heavy (non-hydrogen) atoms. The number of hydrogen-bond acceptors (Lipinski definition) is 4. The molecule has 2 rings (SSSR count). The predicted octanol–water partition coefficient (Wildman–Crippen LogP) is 3.92. The molecule has 7 nitrogen and oxygen atoms in total. The molecule has 0 spiro atoms. The van der Waals surface area contributed by atoms with E-state index in [1.165, 1.54) is 4.90 Å². The quantitative estimate of drug-likeness (QED) is 0.456. The number of halogens is 2. The van der Waals surface area contributed by atoms with Gasteiger partial charge < -0.3 is 10.2 Å². The molecule has 0 aliphatic carbocycles. The van der Waals surface area contributed by atoms with Crippen LogP contribution in [0.3, 0.4) is 0 Å². The average molecular weight is 589 g/mol. The van der Waals surface area contributed by atoms with E-state index >= 15 is 0 Å². The van der Waals surface area contributed by atoms with E-state index in [1.807, 2.05) is 31.2 Å². The maximum Gasteiger partial charge on any atom is 0.244 e. The van der Waals surface area contributed by atoms with Gasteiger partial charge in [-0.25, -0.2) is 8.42 Å². The van der Waals surface area contributed by atoms with Crippen LogP contribution in [0.2, 0.25) is 0 Å². The fourth-order valence-electron chi connectivity index (χ4n) is 3.01. The highest BCUT2D eigenvalue weighted by atomic mass is 79.9. The second-order valence-electron chi connectivity index (χ2n) is 7.34. The van der Waals surface area contributed by atoms with Gasteiger partial charge in [-0.2, -0.15) is 0 Å². The molecule has 0 fully saturated rings. The summed E-state index contributed by atoms with van der Waals surface area (Å²) in [6, 6.07) is 13.4. The molecule has 174 valence electrons. The number of anilines is 1. The Morgan fingerprint density at radius 2 is 1.69 bits per heavy atom. The number of amides is 2. The molecule has 2 aromatic rings. The molecule has 2 amide bonds. The van der Waals surface area contributed by atoms with Crippen molar-refractivity contribution in [3.8, 4) is 0 Å². The minimum atomic E-state index is -3.76. The van der Waals surface area contributed by atoms with Crippen molar-refractivity contribution in [3.05, 3.63) is 63.0 Å². The summed E-state index contributed by atoms with van der Waals surface area (Å²) in [5, 5.41) is 2.81. The summed E-state index contributed by atoms with van der Waals surface area (Å²) < 4.78 is 27.6. The topological polar surface area (TPSA) is 86.8 Å². The minimum Gasteiger partial charge on any atom is -0.354 e. The third-order valence-electron chi connectivity index (χ3n) is 4.78.